The van der Waals surface area contributed by atoms with Gasteiger partial charge in [-0.05, 0) is 49.4 Å². The van der Waals surface area contributed by atoms with Gasteiger partial charge >= 0.3 is 5.97 Å². The SMILES string of the molecule is CCOC(=O)c1ccc(Nc2cnc(C(=O)Nc3cccc(Cl)c3)cn2)cc1. The molecule has 0 spiro atoms. The van der Waals surface area contributed by atoms with Crippen LogP contribution in [-0.2, 0) is 4.74 Å². The molecule has 1 aromatic heterocycles. The summed E-state index contributed by atoms with van der Waals surface area (Å²) < 4.78 is 4.94. The summed E-state index contributed by atoms with van der Waals surface area (Å²) in [4.78, 5) is 32.2. The van der Waals surface area contributed by atoms with Crippen molar-refractivity contribution in [3.63, 3.8) is 0 Å². The maximum absolute atomic E-state index is 12.2. The summed E-state index contributed by atoms with van der Waals surface area (Å²) in [6, 6.07) is 13.6. The fraction of sp³-hybridized carbons (Fsp3) is 0.100. The van der Waals surface area contributed by atoms with Crippen LogP contribution in [0.5, 0.6) is 0 Å². The lowest BCUT2D eigenvalue weighted by molar-refractivity contribution is 0.0526. The lowest BCUT2D eigenvalue weighted by Gasteiger charge is -2.08. The molecule has 8 heteroatoms. The van der Waals surface area contributed by atoms with Crippen molar-refractivity contribution >= 4 is 40.7 Å². The van der Waals surface area contributed by atoms with E-state index in [0.717, 1.165) is 5.69 Å². The number of hydrogen-bond donors (Lipinski definition) is 2. The highest BCUT2D eigenvalue weighted by molar-refractivity contribution is 6.30. The van der Waals surface area contributed by atoms with E-state index in [4.69, 9.17) is 16.3 Å². The van der Waals surface area contributed by atoms with E-state index in [-0.39, 0.29) is 17.6 Å². The molecule has 1 heterocycles. The third-order valence-electron chi connectivity index (χ3n) is 3.64. The highest BCUT2D eigenvalue weighted by Gasteiger charge is 2.10. The zero-order chi connectivity index (χ0) is 19.9. The van der Waals surface area contributed by atoms with Crippen molar-refractivity contribution in [3.8, 4) is 0 Å². The second-order valence-electron chi connectivity index (χ2n) is 5.67. The third-order valence-corrected chi connectivity index (χ3v) is 3.87. The summed E-state index contributed by atoms with van der Waals surface area (Å²) in [6.45, 7) is 2.08. The minimum absolute atomic E-state index is 0.170. The number of hydrogen-bond acceptors (Lipinski definition) is 6. The van der Waals surface area contributed by atoms with E-state index in [0.29, 0.717) is 28.7 Å². The Hall–Kier alpha value is -3.45. The molecule has 0 aliphatic carbocycles. The number of aromatic nitrogens is 2. The molecule has 0 aliphatic heterocycles. The first-order valence-electron chi connectivity index (χ1n) is 8.48. The third kappa shape index (κ3) is 5.05. The summed E-state index contributed by atoms with van der Waals surface area (Å²) in [5, 5.41) is 6.28. The van der Waals surface area contributed by atoms with Gasteiger partial charge in [-0.3, -0.25) is 4.79 Å². The highest BCUT2D eigenvalue weighted by atomic mass is 35.5. The van der Waals surface area contributed by atoms with Crippen LogP contribution in [0, 0.1) is 0 Å². The molecule has 2 aromatic carbocycles. The summed E-state index contributed by atoms with van der Waals surface area (Å²) >= 11 is 5.90. The van der Waals surface area contributed by atoms with Crippen LogP contribution in [0.1, 0.15) is 27.8 Å². The Balaban J connectivity index is 1.62. The molecule has 142 valence electrons. The van der Waals surface area contributed by atoms with Crippen molar-refractivity contribution in [1.29, 1.82) is 0 Å². The molecule has 0 unspecified atom stereocenters. The Morgan fingerprint density at radius 2 is 1.82 bits per heavy atom. The molecule has 0 aliphatic rings. The number of halogens is 1. The van der Waals surface area contributed by atoms with E-state index in [1.54, 1.807) is 55.5 Å². The van der Waals surface area contributed by atoms with Crippen LogP contribution in [0.15, 0.2) is 60.9 Å². The molecule has 0 saturated heterocycles. The molecule has 3 aromatic rings. The smallest absolute Gasteiger partial charge is 0.338 e. The van der Waals surface area contributed by atoms with Gasteiger partial charge in [-0.15, -0.1) is 0 Å². The lowest BCUT2D eigenvalue weighted by atomic mass is 10.2. The fourth-order valence-electron chi connectivity index (χ4n) is 2.32. The Kier molecular flexibility index (Phi) is 6.18. The van der Waals surface area contributed by atoms with E-state index in [9.17, 15) is 9.59 Å². The summed E-state index contributed by atoms with van der Waals surface area (Å²) in [7, 11) is 0. The van der Waals surface area contributed by atoms with E-state index >= 15 is 0 Å². The number of amides is 1. The number of benzene rings is 2. The van der Waals surface area contributed by atoms with Gasteiger partial charge < -0.3 is 15.4 Å². The number of esters is 1. The van der Waals surface area contributed by atoms with Gasteiger partial charge in [0.15, 0.2) is 0 Å². The first-order chi connectivity index (χ1) is 13.5. The first-order valence-corrected chi connectivity index (χ1v) is 8.86. The van der Waals surface area contributed by atoms with Crippen molar-refractivity contribution < 1.29 is 14.3 Å². The van der Waals surface area contributed by atoms with Crippen LogP contribution >= 0.6 is 11.6 Å². The minimum Gasteiger partial charge on any atom is -0.462 e. The van der Waals surface area contributed by atoms with Crippen molar-refractivity contribution in [2.75, 3.05) is 17.2 Å². The van der Waals surface area contributed by atoms with Gasteiger partial charge in [0.05, 0.1) is 24.6 Å². The topological polar surface area (TPSA) is 93.2 Å². The maximum Gasteiger partial charge on any atom is 0.338 e. The maximum atomic E-state index is 12.2. The molecule has 7 nitrogen and oxygen atoms in total. The molecule has 28 heavy (non-hydrogen) atoms. The molecule has 0 saturated carbocycles. The number of nitrogens with zero attached hydrogens (tertiary/aromatic N) is 2. The van der Waals surface area contributed by atoms with Gasteiger partial charge in [0.25, 0.3) is 5.91 Å². The van der Waals surface area contributed by atoms with Crippen LogP contribution in [0.4, 0.5) is 17.2 Å². The number of carbonyl (C=O) groups is 2. The zero-order valence-corrected chi connectivity index (χ0v) is 15.7. The van der Waals surface area contributed by atoms with Crippen molar-refractivity contribution in [2.24, 2.45) is 0 Å². The fourth-order valence-corrected chi connectivity index (χ4v) is 2.51. The van der Waals surface area contributed by atoms with Crippen LogP contribution < -0.4 is 10.6 Å². The number of nitrogens with one attached hydrogen (secondary N) is 2. The normalized spacial score (nSPS) is 10.2. The van der Waals surface area contributed by atoms with Gasteiger partial charge in [0.2, 0.25) is 0 Å². The Bertz CT molecular complexity index is 976. The summed E-state index contributed by atoms with van der Waals surface area (Å²) in [6.07, 6.45) is 2.82. The van der Waals surface area contributed by atoms with Crippen LogP contribution in [-0.4, -0.2) is 28.5 Å². The first kappa shape index (κ1) is 19.3. The lowest BCUT2D eigenvalue weighted by Crippen LogP contribution is -2.14. The molecule has 0 radical (unpaired) electrons. The molecule has 0 atom stereocenters. The number of carbonyl (C=O) groups excluding carboxylic acids is 2. The predicted molar refractivity (Wildman–Crippen MR) is 107 cm³/mol. The van der Waals surface area contributed by atoms with Crippen molar-refractivity contribution in [1.82, 2.24) is 9.97 Å². The average molecular weight is 397 g/mol. The molecule has 2 N–H and O–H groups in total. The van der Waals surface area contributed by atoms with Crippen LogP contribution in [0.25, 0.3) is 0 Å². The Morgan fingerprint density at radius 1 is 1.04 bits per heavy atom. The molecule has 0 bridgehead atoms. The van der Waals surface area contributed by atoms with E-state index < -0.39 is 0 Å². The van der Waals surface area contributed by atoms with Crippen molar-refractivity contribution in [2.45, 2.75) is 6.92 Å². The zero-order valence-electron chi connectivity index (χ0n) is 15.0. The molecular weight excluding hydrogens is 380 g/mol. The highest BCUT2D eigenvalue weighted by Crippen LogP contribution is 2.17. The molecule has 3 rings (SSSR count). The van der Waals surface area contributed by atoms with Crippen LogP contribution in [0.2, 0.25) is 5.02 Å². The van der Waals surface area contributed by atoms with E-state index in [2.05, 4.69) is 20.6 Å². The van der Waals surface area contributed by atoms with Crippen LogP contribution in [0.3, 0.4) is 0 Å². The Labute approximate surface area is 166 Å². The number of rotatable bonds is 6. The number of anilines is 3. The summed E-state index contributed by atoms with van der Waals surface area (Å²) in [5.41, 5.74) is 1.93. The largest absolute Gasteiger partial charge is 0.462 e. The second-order valence-corrected chi connectivity index (χ2v) is 6.11. The molecule has 0 fully saturated rings. The predicted octanol–water partition coefficient (Wildman–Crippen LogP) is 4.30. The standard InChI is InChI=1S/C20H17ClN4O3/c1-2-28-20(27)13-6-8-15(9-7-13)24-18-12-22-17(11-23-18)19(26)25-16-5-3-4-14(21)10-16/h3-12H,2H2,1H3,(H,23,24)(H,25,26). The number of ether oxygens (including phenoxy) is 1. The van der Waals surface area contributed by atoms with E-state index in [1.165, 1.54) is 12.4 Å². The van der Waals surface area contributed by atoms with Gasteiger partial charge in [0, 0.05) is 16.4 Å². The van der Waals surface area contributed by atoms with Crippen molar-refractivity contribution in [3.05, 3.63) is 77.2 Å². The van der Waals surface area contributed by atoms with Gasteiger partial charge in [0.1, 0.15) is 11.5 Å². The van der Waals surface area contributed by atoms with Gasteiger partial charge in [-0.2, -0.15) is 0 Å². The minimum atomic E-state index is -0.389. The van der Waals surface area contributed by atoms with Gasteiger partial charge in [-0.25, -0.2) is 14.8 Å². The average Bonchev–Trinajstić information content (AvgIpc) is 2.69. The van der Waals surface area contributed by atoms with Gasteiger partial charge in [-0.1, -0.05) is 17.7 Å². The summed E-state index contributed by atoms with van der Waals surface area (Å²) in [5.74, 6) is -0.299. The Morgan fingerprint density at radius 3 is 2.46 bits per heavy atom. The monoisotopic (exact) mass is 396 g/mol. The molecule has 1 amide bonds. The second kappa shape index (κ2) is 8.96. The van der Waals surface area contributed by atoms with E-state index in [1.807, 2.05) is 0 Å². The molecular formula is C20H17ClN4O3. The quantitative estimate of drug-likeness (QED) is 0.603.